The molecule has 0 atom stereocenters. The van der Waals surface area contributed by atoms with Crippen molar-refractivity contribution >= 4 is 29.3 Å². The second-order valence-electron chi connectivity index (χ2n) is 5.43. The summed E-state index contributed by atoms with van der Waals surface area (Å²) >= 11 is 1.18. The molecule has 0 amide bonds. The molecule has 0 aliphatic heterocycles. The number of para-hydroxylation sites is 2. The van der Waals surface area contributed by atoms with Crippen molar-refractivity contribution in [3.63, 3.8) is 0 Å². The van der Waals surface area contributed by atoms with E-state index in [2.05, 4.69) is 25.3 Å². The summed E-state index contributed by atoms with van der Waals surface area (Å²) in [6.45, 7) is 0. The fourth-order valence-corrected chi connectivity index (χ4v) is 2.90. The Labute approximate surface area is 162 Å². The van der Waals surface area contributed by atoms with Gasteiger partial charge in [0.15, 0.2) is 0 Å². The minimum atomic E-state index is -4.42. The predicted octanol–water partition coefficient (Wildman–Crippen LogP) is 3.91. The third kappa shape index (κ3) is 5.00. The Balaban J connectivity index is 1.71. The van der Waals surface area contributed by atoms with E-state index >= 15 is 0 Å². The zero-order valence-electron chi connectivity index (χ0n) is 14.6. The number of halogens is 3. The molecule has 3 N–H and O–H groups in total. The van der Waals surface area contributed by atoms with Crippen molar-refractivity contribution in [3.8, 4) is 5.75 Å². The Morgan fingerprint density at radius 1 is 1.11 bits per heavy atom. The van der Waals surface area contributed by atoms with Crippen LogP contribution in [0.15, 0.2) is 47.6 Å². The number of thioether (sulfide) groups is 1. The van der Waals surface area contributed by atoms with Crippen LogP contribution in [0, 0.1) is 0 Å². The van der Waals surface area contributed by atoms with Crippen molar-refractivity contribution < 1.29 is 17.9 Å². The Hall–Kier alpha value is -3.08. The molecule has 146 valence electrons. The van der Waals surface area contributed by atoms with Gasteiger partial charge in [0, 0.05) is 6.20 Å². The number of rotatable bonds is 6. The summed E-state index contributed by atoms with van der Waals surface area (Å²) < 4.78 is 43.0. The second-order valence-corrected chi connectivity index (χ2v) is 6.43. The van der Waals surface area contributed by atoms with Crippen LogP contribution >= 0.6 is 11.8 Å². The highest BCUT2D eigenvalue weighted by atomic mass is 32.2. The standard InChI is InChI=1S/C17H15F3N6OS/c1-27-12-5-3-2-4-11(12)23-16-25-13(24-15(21)26-16)9-28-14-7-6-10(8-22-14)17(18,19)20/h2-8H,9H2,1H3,(H3,21,23,24,25,26). The van der Waals surface area contributed by atoms with Gasteiger partial charge in [-0.25, -0.2) is 4.98 Å². The Bertz CT molecular complexity index is 952. The van der Waals surface area contributed by atoms with E-state index in [1.807, 2.05) is 12.1 Å². The molecular weight excluding hydrogens is 393 g/mol. The molecule has 7 nitrogen and oxygen atoms in total. The van der Waals surface area contributed by atoms with Crippen molar-refractivity contribution in [2.24, 2.45) is 0 Å². The van der Waals surface area contributed by atoms with Crippen molar-refractivity contribution in [2.75, 3.05) is 18.2 Å². The number of alkyl halides is 3. The molecule has 3 rings (SSSR count). The lowest BCUT2D eigenvalue weighted by molar-refractivity contribution is -0.137. The molecule has 0 aliphatic carbocycles. The summed E-state index contributed by atoms with van der Waals surface area (Å²) in [5.41, 5.74) is 5.59. The molecular formula is C17H15F3N6OS. The molecule has 11 heteroatoms. The maximum Gasteiger partial charge on any atom is 0.417 e. The normalized spacial score (nSPS) is 11.3. The van der Waals surface area contributed by atoms with E-state index in [0.29, 0.717) is 22.3 Å². The highest BCUT2D eigenvalue weighted by molar-refractivity contribution is 7.98. The molecule has 0 saturated heterocycles. The van der Waals surface area contributed by atoms with Crippen LogP contribution < -0.4 is 15.8 Å². The first-order valence-corrected chi connectivity index (χ1v) is 8.90. The number of hydrogen-bond acceptors (Lipinski definition) is 8. The van der Waals surface area contributed by atoms with E-state index in [1.54, 1.807) is 19.2 Å². The van der Waals surface area contributed by atoms with Gasteiger partial charge >= 0.3 is 6.18 Å². The van der Waals surface area contributed by atoms with Crippen molar-refractivity contribution in [1.82, 2.24) is 19.9 Å². The number of hydrogen-bond donors (Lipinski definition) is 2. The number of nitrogen functional groups attached to an aromatic ring is 1. The summed E-state index contributed by atoms with van der Waals surface area (Å²) in [7, 11) is 1.54. The number of nitrogens with zero attached hydrogens (tertiary/aromatic N) is 4. The third-order valence-corrected chi connectivity index (χ3v) is 4.41. The molecule has 0 bridgehead atoms. The van der Waals surface area contributed by atoms with Gasteiger partial charge < -0.3 is 15.8 Å². The summed E-state index contributed by atoms with van der Waals surface area (Å²) in [6.07, 6.45) is -3.63. The number of benzene rings is 1. The number of anilines is 3. The molecule has 0 unspecified atom stereocenters. The number of methoxy groups -OCH3 is 1. The largest absolute Gasteiger partial charge is 0.495 e. The van der Waals surface area contributed by atoms with E-state index in [0.717, 1.165) is 12.3 Å². The molecule has 0 fully saturated rings. The highest BCUT2D eigenvalue weighted by Gasteiger charge is 2.30. The maximum atomic E-state index is 12.6. The maximum absolute atomic E-state index is 12.6. The number of nitrogens with two attached hydrogens (primary N) is 1. The van der Waals surface area contributed by atoms with E-state index < -0.39 is 11.7 Å². The van der Waals surface area contributed by atoms with Crippen molar-refractivity contribution in [3.05, 3.63) is 54.0 Å². The van der Waals surface area contributed by atoms with Gasteiger partial charge in [-0.15, -0.1) is 0 Å². The summed E-state index contributed by atoms with van der Waals surface area (Å²) in [6, 6.07) is 9.49. The van der Waals surface area contributed by atoms with Gasteiger partial charge in [-0.2, -0.15) is 28.1 Å². The van der Waals surface area contributed by atoms with Crippen LogP contribution in [-0.4, -0.2) is 27.0 Å². The highest BCUT2D eigenvalue weighted by Crippen LogP contribution is 2.30. The average molecular weight is 408 g/mol. The van der Waals surface area contributed by atoms with Crippen molar-refractivity contribution in [2.45, 2.75) is 17.0 Å². The third-order valence-electron chi connectivity index (χ3n) is 3.47. The second kappa shape index (κ2) is 8.30. The molecule has 1 aromatic carbocycles. The smallest absolute Gasteiger partial charge is 0.417 e. The Kier molecular flexibility index (Phi) is 5.83. The molecule has 2 heterocycles. The fourth-order valence-electron chi connectivity index (χ4n) is 2.20. The summed E-state index contributed by atoms with van der Waals surface area (Å²) in [4.78, 5) is 16.2. The van der Waals surface area contributed by atoms with Gasteiger partial charge in [-0.05, 0) is 24.3 Å². The van der Waals surface area contributed by atoms with Gasteiger partial charge in [0.05, 0.1) is 29.1 Å². The summed E-state index contributed by atoms with van der Waals surface area (Å²) in [5, 5.41) is 3.42. The lowest BCUT2D eigenvalue weighted by atomic mass is 10.3. The van der Waals surface area contributed by atoms with Gasteiger partial charge in [0.1, 0.15) is 11.6 Å². The molecule has 3 aromatic rings. The monoisotopic (exact) mass is 408 g/mol. The molecule has 0 saturated carbocycles. The average Bonchev–Trinajstić information content (AvgIpc) is 2.66. The summed E-state index contributed by atoms with van der Waals surface area (Å²) in [5.74, 6) is 1.46. The topological polar surface area (TPSA) is 98.8 Å². The van der Waals surface area contributed by atoms with Crippen LogP contribution in [0.3, 0.4) is 0 Å². The molecule has 0 radical (unpaired) electrons. The zero-order chi connectivity index (χ0) is 20.1. The lowest BCUT2D eigenvalue weighted by Gasteiger charge is -2.10. The number of aromatic nitrogens is 4. The molecule has 0 spiro atoms. The molecule has 28 heavy (non-hydrogen) atoms. The fraction of sp³-hybridized carbons (Fsp3) is 0.176. The first-order valence-electron chi connectivity index (χ1n) is 7.91. The van der Waals surface area contributed by atoms with Crippen LogP contribution in [0.4, 0.5) is 30.8 Å². The van der Waals surface area contributed by atoms with Crippen LogP contribution in [-0.2, 0) is 11.9 Å². The van der Waals surface area contributed by atoms with E-state index in [9.17, 15) is 13.2 Å². The Morgan fingerprint density at radius 2 is 1.89 bits per heavy atom. The number of pyridine rings is 1. The van der Waals surface area contributed by atoms with Gasteiger partial charge in [-0.1, -0.05) is 23.9 Å². The van der Waals surface area contributed by atoms with Crippen LogP contribution in [0.1, 0.15) is 11.4 Å². The van der Waals surface area contributed by atoms with Gasteiger partial charge in [-0.3, -0.25) is 0 Å². The van der Waals surface area contributed by atoms with Crippen LogP contribution in [0.2, 0.25) is 0 Å². The number of nitrogens with one attached hydrogen (secondary N) is 1. The van der Waals surface area contributed by atoms with Crippen LogP contribution in [0.25, 0.3) is 0 Å². The minimum absolute atomic E-state index is 0.0170. The first kappa shape index (κ1) is 19.7. The first-order chi connectivity index (χ1) is 13.3. The minimum Gasteiger partial charge on any atom is -0.495 e. The van der Waals surface area contributed by atoms with E-state index in [-0.39, 0.29) is 17.6 Å². The van der Waals surface area contributed by atoms with Gasteiger partial charge in [0.25, 0.3) is 0 Å². The molecule has 2 aromatic heterocycles. The van der Waals surface area contributed by atoms with Crippen molar-refractivity contribution in [1.29, 1.82) is 0 Å². The SMILES string of the molecule is COc1ccccc1Nc1nc(N)nc(CSc2ccc(C(F)(F)F)cn2)n1. The zero-order valence-corrected chi connectivity index (χ0v) is 15.4. The van der Waals surface area contributed by atoms with Crippen LogP contribution in [0.5, 0.6) is 5.75 Å². The van der Waals surface area contributed by atoms with Gasteiger partial charge in [0.2, 0.25) is 11.9 Å². The quantitative estimate of drug-likeness (QED) is 0.593. The molecule has 0 aliphatic rings. The lowest BCUT2D eigenvalue weighted by Crippen LogP contribution is -2.07. The van der Waals surface area contributed by atoms with E-state index in [4.69, 9.17) is 10.5 Å². The van der Waals surface area contributed by atoms with E-state index in [1.165, 1.54) is 17.8 Å². The predicted molar refractivity (Wildman–Crippen MR) is 99.3 cm³/mol. The number of ether oxygens (including phenoxy) is 1. The Morgan fingerprint density at radius 3 is 2.57 bits per heavy atom.